The van der Waals surface area contributed by atoms with Crippen LogP contribution in [0.15, 0.2) is 4.90 Å². The molecule has 8 nitrogen and oxygen atoms in total. The van der Waals surface area contributed by atoms with Crippen molar-refractivity contribution in [3.8, 4) is 0 Å². The van der Waals surface area contributed by atoms with Gasteiger partial charge in [0.2, 0.25) is 10.0 Å². The van der Waals surface area contributed by atoms with Crippen LogP contribution in [0.1, 0.15) is 35.9 Å². The Morgan fingerprint density at radius 1 is 1.57 bits per heavy atom. The zero-order valence-corrected chi connectivity index (χ0v) is 12.9. The summed E-state index contributed by atoms with van der Waals surface area (Å²) in [6, 6.07) is -0.0721. The first-order chi connectivity index (χ1) is 9.86. The molecule has 1 unspecified atom stereocenters. The molecular weight excluding hydrogens is 296 g/mol. The fraction of sp³-hybridized carbons (Fsp3) is 0.667. The molecule has 21 heavy (non-hydrogen) atoms. The molecule has 9 heteroatoms. The van der Waals surface area contributed by atoms with E-state index in [1.54, 1.807) is 7.05 Å². The molecule has 1 saturated heterocycles. The van der Waals surface area contributed by atoms with Crippen LogP contribution in [-0.4, -0.2) is 55.7 Å². The first kappa shape index (κ1) is 15.9. The number of H-pyrrole nitrogens is 1. The number of likely N-dealkylation sites (N-methyl/N-ethyl adjacent to an activating group) is 1. The monoisotopic (exact) mass is 316 g/mol. The van der Waals surface area contributed by atoms with Crippen LogP contribution in [0.5, 0.6) is 0 Å². The number of carbonyl (C=O) groups is 1. The molecule has 1 amide bonds. The molecule has 118 valence electrons. The minimum atomic E-state index is -4.02. The van der Waals surface area contributed by atoms with Crippen LogP contribution in [0.3, 0.4) is 0 Å². The molecular formula is C12H20N4O4S. The lowest BCUT2D eigenvalue weighted by atomic mass is 10.2. The van der Waals surface area contributed by atoms with Crippen molar-refractivity contribution in [2.45, 2.75) is 37.1 Å². The summed E-state index contributed by atoms with van der Waals surface area (Å²) in [5.41, 5.74) is 0.231. The van der Waals surface area contributed by atoms with Gasteiger partial charge < -0.3 is 9.64 Å². The number of nitrogens with zero attached hydrogens (tertiary/aromatic N) is 2. The number of rotatable bonds is 5. The van der Waals surface area contributed by atoms with Gasteiger partial charge in [-0.25, -0.2) is 13.6 Å². The van der Waals surface area contributed by atoms with Crippen molar-refractivity contribution < 1.29 is 17.9 Å². The Bertz CT molecular complexity index is 619. The van der Waals surface area contributed by atoms with Gasteiger partial charge in [-0.3, -0.25) is 9.89 Å². The summed E-state index contributed by atoms with van der Waals surface area (Å²) in [6.45, 7) is 2.93. The molecule has 1 aliphatic heterocycles. The lowest BCUT2D eigenvalue weighted by molar-refractivity contribution is 0.0701. The average Bonchev–Trinajstić information content (AvgIpc) is 3.05. The number of aromatic nitrogens is 2. The number of aryl methyl sites for hydroxylation is 1. The number of ether oxygens (including phenoxy) is 1. The number of nitrogens with two attached hydrogens (primary N) is 1. The fourth-order valence-electron chi connectivity index (χ4n) is 2.40. The maximum absolute atomic E-state index is 12.5. The van der Waals surface area contributed by atoms with Crippen molar-refractivity contribution in [1.29, 1.82) is 0 Å². The second-order valence-electron chi connectivity index (χ2n) is 5.11. The van der Waals surface area contributed by atoms with E-state index in [0.717, 1.165) is 6.42 Å². The summed E-state index contributed by atoms with van der Waals surface area (Å²) in [7, 11) is -2.40. The van der Waals surface area contributed by atoms with Gasteiger partial charge >= 0.3 is 0 Å². The number of aromatic amines is 1. The van der Waals surface area contributed by atoms with Crippen molar-refractivity contribution in [1.82, 2.24) is 15.1 Å². The van der Waals surface area contributed by atoms with Crippen LogP contribution in [0.25, 0.3) is 0 Å². The van der Waals surface area contributed by atoms with Crippen molar-refractivity contribution >= 4 is 15.9 Å². The average molecular weight is 316 g/mol. The largest absolute Gasteiger partial charge is 0.379 e. The van der Waals surface area contributed by atoms with Gasteiger partial charge in [0.1, 0.15) is 4.90 Å². The molecule has 2 rings (SSSR count). The first-order valence-electron chi connectivity index (χ1n) is 6.81. The predicted molar refractivity (Wildman–Crippen MR) is 75.3 cm³/mol. The topological polar surface area (TPSA) is 118 Å². The quantitative estimate of drug-likeness (QED) is 0.784. The van der Waals surface area contributed by atoms with E-state index in [9.17, 15) is 13.2 Å². The van der Waals surface area contributed by atoms with Crippen molar-refractivity contribution in [2.75, 3.05) is 20.3 Å². The lowest BCUT2D eigenvalue weighted by Crippen LogP contribution is -2.38. The maximum Gasteiger partial charge on any atom is 0.275 e. The molecule has 0 aromatic carbocycles. The van der Waals surface area contributed by atoms with Gasteiger partial charge in [0.25, 0.3) is 5.91 Å². The number of hydrogen-bond donors (Lipinski definition) is 2. The Kier molecular flexibility index (Phi) is 4.64. The smallest absolute Gasteiger partial charge is 0.275 e. The summed E-state index contributed by atoms with van der Waals surface area (Å²) in [5.74, 6) is -0.465. The summed E-state index contributed by atoms with van der Waals surface area (Å²) in [5, 5.41) is 11.7. The number of amides is 1. The Balaban J connectivity index is 2.36. The summed E-state index contributed by atoms with van der Waals surface area (Å²) in [4.78, 5) is 13.8. The highest BCUT2D eigenvalue weighted by atomic mass is 32.2. The van der Waals surface area contributed by atoms with E-state index in [2.05, 4.69) is 10.2 Å². The van der Waals surface area contributed by atoms with Gasteiger partial charge in [-0.05, 0) is 12.8 Å². The Morgan fingerprint density at radius 2 is 2.29 bits per heavy atom. The van der Waals surface area contributed by atoms with E-state index >= 15 is 0 Å². The van der Waals surface area contributed by atoms with E-state index < -0.39 is 15.9 Å². The second-order valence-corrected chi connectivity index (χ2v) is 6.61. The van der Waals surface area contributed by atoms with Crippen LogP contribution < -0.4 is 5.14 Å². The second kappa shape index (κ2) is 6.12. The number of sulfonamides is 1. The molecule has 1 aromatic heterocycles. The van der Waals surface area contributed by atoms with Gasteiger partial charge in [0.15, 0.2) is 5.69 Å². The number of carbonyl (C=O) groups excluding carboxylic acids is 1. The third-order valence-electron chi connectivity index (χ3n) is 3.55. The van der Waals surface area contributed by atoms with Gasteiger partial charge in [-0.1, -0.05) is 13.3 Å². The lowest BCUT2D eigenvalue weighted by Gasteiger charge is -2.22. The first-order valence-corrected chi connectivity index (χ1v) is 8.35. The van der Waals surface area contributed by atoms with E-state index in [1.807, 2.05) is 6.92 Å². The van der Waals surface area contributed by atoms with Gasteiger partial charge in [-0.2, -0.15) is 5.10 Å². The van der Waals surface area contributed by atoms with Crippen LogP contribution >= 0.6 is 0 Å². The van der Waals surface area contributed by atoms with E-state index in [4.69, 9.17) is 9.88 Å². The predicted octanol–water partition coefficient (Wildman–Crippen LogP) is -0.129. The minimum Gasteiger partial charge on any atom is -0.379 e. The fourth-order valence-corrected chi connectivity index (χ4v) is 3.29. The molecule has 0 radical (unpaired) electrons. The number of primary sulfonamides is 1. The molecule has 1 aromatic rings. The van der Waals surface area contributed by atoms with Crippen LogP contribution in [0.2, 0.25) is 0 Å². The van der Waals surface area contributed by atoms with Gasteiger partial charge in [-0.15, -0.1) is 0 Å². The highest BCUT2D eigenvalue weighted by molar-refractivity contribution is 7.89. The van der Waals surface area contributed by atoms with Gasteiger partial charge in [0.05, 0.1) is 18.3 Å². The maximum atomic E-state index is 12.5. The molecule has 0 saturated carbocycles. The normalized spacial score (nSPS) is 18.9. The Hall–Kier alpha value is -1.45. The zero-order valence-electron chi connectivity index (χ0n) is 12.1. The molecule has 1 fully saturated rings. The van der Waals surface area contributed by atoms with Crippen molar-refractivity contribution in [3.05, 3.63) is 11.4 Å². The van der Waals surface area contributed by atoms with Gasteiger partial charge in [0, 0.05) is 13.7 Å². The zero-order chi connectivity index (χ0) is 15.6. The van der Waals surface area contributed by atoms with E-state index in [0.29, 0.717) is 31.7 Å². The van der Waals surface area contributed by atoms with Crippen LogP contribution in [0.4, 0.5) is 0 Å². The highest BCUT2D eigenvalue weighted by Crippen LogP contribution is 2.21. The number of nitrogens with one attached hydrogen (secondary N) is 1. The molecule has 0 spiro atoms. The van der Waals surface area contributed by atoms with E-state index in [1.165, 1.54) is 4.90 Å². The Labute approximate surface area is 123 Å². The van der Waals surface area contributed by atoms with Crippen LogP contribution in [0, 0.1) is 0 Å². The summed E-state index contributed by atoms with van der Waals surface area (Å²) in [6.07, 6.45) is 1.89. The SMILES string of the molecule is CCCc1[nH]nc(C(=O)N(C)C2CCOC2)c1S(N)(=O)=O. The molecule has 2 heterocycles. The third-order valence-corrected chi connectivity index (χ3v) is 4.56. The van der Waals surface area contributed by atoms with Crippen molar-refractivity contribution in [3.63, 3.8) is 0 Å². The molecule has 1 aliphatic rings. The minimum absolute atomic E-state index is 0.0721. The number of hydrogen-bond acceptors (Lipinski definition) is 5. The summed E-state index contributed by atoms with van der Waals surface area (Å²) >= 11 is 0. The highest BCUT2D eigenvalue weighted by Gasteiger charge is 2.32. The molecule has 0 bridgehead atoms. The van der Waals surface area contributed by atoms with Crippen molar-refractivity contribution in [2.24, 2.45) is 5.14 Å². The van der Waals surface area contributed by atoms with Crippen LogP contribution in [-0.2, 0) is 21.2 Å². The molecule has 3 N–H and O–H groups in total. The summed E-state index contributed by atoms with van der Waals surface area (Å²) < 4.78 is 28.8. The third kappa shape index (κ3) is 3.25. The van der Waals surface area contributed by atoms with E-state index in [-0.39, 0.29) is 16.6 Å². The molecule has 0 aliphatic carbocycles. The molecule has 1 atom stereocenters. The standard InChI is InChI=1S/C12H20N4O4S/c1-3-4-9-11(21(13,18)19)10(15-14-9)12(17)16(2)8-5-6-20-7-8/h8H,3-7H2,1-2H3,(H,14,15)(H2,13,18,19). The Morgan fingerprint density at radius 3 is 2.81 bits per heavy atom.